The molecule has 104 valence electrons. The number of rotatable bonds is 2. The molecule has 0 N–H and O–H groups in total. The molecule has 0 spiro atoms. The molecule has 3 rings (SSSR count). The summed E-state index contributed by atoms with van der Waals surface area (Å²) in [7, 11) is -3.45. The molecule has 0 bridgehead atoms. The molecule has 0 amide bonds. The highest BCUT2D eigenvalue weighted by Gasteiger charge is 2.41. The van der Waals surface area contributed by atoms with Crippen molar-refractivity contribution in [2.75, 3.05) is 13.1 Å². The molecule has 0 aromatic heterocycles. The number of fused-ring (bicyclic) bond motifs is 1. The van der Waals surface area contributed by atoms with Crippen molar-refractivity contribution in [2.24, 2.45) is 11.8 Å². The minimum absolute atomic E-state index is 0.220. The van der Waals surface area contributed by atoms with Crippen LogP contribution < -0.4 is 0 Å². The fourth-order valence-electron chi connectivity index (χ4n) is 3.21. The number of benzene rings is 1. The Balaban J connectivity index is 1.91. The Bertz CT molecular complexity index is 593. The molecule has 2 atom stereocenters. The van der Waals surface area contributed by atoms with Gasteiger partial charge in [0.1, 0.15) is 4.90 Å². The van der Waals surface area contributed by atoms with Crippen LogP contribution in [0.5, 0.6) is 0 Å². The summed E-state index contributed by atoms with van der Waals surface area (Å²) in [5.41, 5.74) is 0. The molecule has 3 nitrogen and oxygen atoms in total. The molecular weight excluding hydrogens is 350 g/mol. The third kappa shape index (κ3) is 2.46. The lowest BCUT2D eigenvalue weighted by Gasteiger charge is -2.18. The van der Waals surface area contributed by atoms with E-state index in [2.05, 4.69) is 15.9 Å². The second-order valence-electron chi connectivity index (χ2n) is 5.35. The van der Waals surface area contributed by atoms with Crippen molar-refractivity contribution in [1.29, 1.82) is 0 Å². The van der Waals surface area contributed by atoms with E-state index in [1.807, 2.05) is 0 Å². The Kier molecular flexibility index (Phi) is 3.67. The van der Waals surface area contributed by atoms with E-state index in [0.29, 0.717) is 24.9 Å². The van der Waals surface area contributed by atoms with E-state index in [1.54, 1.807) is 22.5 Å². The van der Waals surface area contributed by atoms with Gasteiger partial charge in [-0.15, -0.1) is 0 Å². The van der Waals surface area contributed by atoms with E-state index in [9.17, 15) is 8.42 Å². The highest BCUT2D eigenvalue weighted by Crippen LogP contribution is 2.40. The molecule has 2 unspecified atom stereocenters. The summed E-state index contributed by atoms with van der Waals surface area (Å²) in [6.45, 7) is 1.30. The van der Waals surface area contributed by atoms with Crippen molar-refractivity contribution < 1.29 is 8.42 Å². The minimum atomic E-state index is -3.45. The maximum Gasteiger partial charge on any atom is 0.244 e. The number of hydrogen-bond acceptors (Lipinski definition) is 2. The van der Waals surface area contributed by atoms with Crippen LogP contribution in [0.1, 0.15) is 19.3 Å². The van der Waals surface area contributed by atoms with Crippen LogP contribution in [0.15, 0.2) is 27.6 Å². The van der Waals surface area contributed by atoms with Crippen LogP contribution in [0.4, 0.5) is 0 Å². The first-order valence-electron chi connectivity index (χ1n) is 6.43. The maximum atomic E-state index is 12.6. The van der Waals surface area contributed by atoms with Gasteiger partial charge in [0.05, 0.1) is 5.02 Å². The molecule has 1 aromatic carbocycles. The van der Waals surface area contributed by atoms with Gasteiger partial charge in [-0.1, -0.05) is 34.0 Å². The number of sulfonamides is 1. The average Bonchev–Trinajstić information content (AvgIpc) is 2.87. The van der Waals surface area contributed by atoms with Gasteiger partial charge in [0, 0.05) is 17.6 Å². The van der Waals surface area contributed by atoms with Gasteiger partial charge < -0.3 is 0 Å². The predicted molar refractivity (Wildman–Crippen MR) is 78.7 cm³/mol. The summed E-state index contributed by atoms with van der Waals surface area (Å²) in [5, 5.41) is 0.284. The van der Waals surface area contributed by atoms with Crippen LogP contribution in [0.2, 0.25) is 5.02 Å². The van der Waals surface area contributed by atoms with E-state index < -0.39 is 10.0 Å². The SMILES string of the molecule is O=S(=O)(c1ccc(Br)cc1Cl)N1CC2CCCC2C1. The van der Waals surface area contributed by atoms with Crippen molar-refractivity contribution in [3.63, 3.8) is 0 Å². The molecule has 6 heteroatoms. The van der Waals surface area contributed by atoms with Gasteiger partial charge in [-0.25, -0.2) is 8.42 Å². The second-order valence-corrected chi connectivity index (χ2v) is 8.58. The van der Waals surface area contributed by atoms with Gasteiger partial charge >= 0.3 is 0 Å². The van der Waals surface area contributed by atoms with Crippen LogP contribution in [0.3, 0.4) is 0 Å². The van der Waals surface area contributed by atoms with E-state index in [1.165, 1.54) is 6.42 Å². The molecule has 0 radical (unpaired) electrons. The molecule has 1 aliphatic heterocycles. The first-order valence-corrected chi connectivity index (χ1v) is 9.05. The van der Waals surface area contributed by atoms with Crippen molar-refractivity contribution in [3.8, 4) is 0 Å². The van der Waals surface area contributed by atoms with Crippen molar-refractivity contribution >= 4 is 37.6 Å². The van der Waals surface area contributed by atoms with Crippen LogP contribution in [0, 0.1) is 11.8 Å². The zero-order chi connectivity index (χ0) is 13.6. The predicted octanol–water partition coefficient (Wildman–Crippen LogP) is 3.52. The van der Waals surface area contributed by atoms with E-state index >= 15 is 0 Å². The Morgan fingerprint density at radius 1 is 1.21 bits per heavy atom. The van der Waals surface area contributed by atoms with Crippen molar-refractivity contribution in [1.82, 2.24) is 4.31 Å². The van der Waals surface area contributed by atoms with Crippen LogP contribution in [-0.2, 0) is 10.0 Å². The van der Waals surface area contributed by atoms with Crippen LogP contribution >= 0.6 is 27.5 Å². The number of nitrogens with zero attached hydrogens (tertiary/aromatic N) is 1. The monoisotopic (exact) mass is 363 g/mol. The summed E-state index contributed by atoms with van der Waals surface area (Å²) >= 11 is 9.37. The van der Waals surface area contributed by atoms with Gasteiger partial charge in [0.15, 0.2) is 0 Å². The third-order valence-corrected chi connectivity index (χ3v) is 7.01. The molecule has 1 saturated carbocycles. The molecule has 1 aliphatic carbocycles. The third-order valence-electron chi connectivity index (χ3n) is 4.20. The molecule has 1 aromatic rings. The van der Waals surface area contributed by atoms with E-state index in [-0.39, 0.29) is 9.92 Å². The summed E-state index contributed by atoms with van der Waals surface area (Å²) in [6.07, 6.45) is 3.55. The Morgan fingerprint density at radius 3 is 2.42 bits per heavy atom. The van der Waals surface area contributed by atoms with E-state index in [4.69, 9.17) is 11.6 Å². The summed E-state index contributed by atoms with van der Waals surface area (Å²) in [6, 6.07) is 4.93. The Morgan fingerprint density at radius 2 is 1.84 bits per heavy atom. The lowest BCUT2D eigenvalue weighted by atomic mass is 10.0. The van der Waals surface area contributed by atoms with Crippen molar-refractivity contribution in [3.05, 3.63) is 27.7 Å². The molecule has 2 fully saturated rings. The van der Waals surface area contributed by atoms with Crippen LogP contribution in [-0.4, -0.2) is 25.8 Å². The van der Waals surface area contributed by atoms with Crippen molar-refractivity contribution in [2.45, 2.75) is 24.2 Å². The molecule has 19 heavy (non-hydrogen) atoms. The van der Waals surface area contributed by atoms with Gasteiger partial charge in [0.25, 0.3) is 0 Å². The topological polar surface area (TPSA) is 37.4 Å². The van der Waals surface area contributed by atoms with Crippen LogP contribution in [0.25, 0.3) is 0 Å². The second kappa shape index (κ2) is 5.02. The quantitative estimate of drug-likeness (QED) is 0.805. The van der Waals surface area contributed by atoms with Gasteiger partial charge in [-0.3, -0.25) is 0 Å². The molecule has 1 saturated heterocycles. The zero-order valence-electron chi connectivity index (χ0n) is 10.4. The summed E-state index contributed by atoms with van der Waals surface area (Å²) in [5.74, 6) is 1.09. The smallest absolute Gasteiger partial charge is 0.207 e. The average molecular weight is 365 g/mol. The zero-order valence-corrected chi connectivity index (χ0v) is 13.5. The first-order chi connectivity index (χ1) is 8.98. The largest absolute Gasteiger partial charge is 0.244 e. The lowest BCUT2D eigenvalue weighted by Crippen LogP contribution is -2.29. The number of hydrogen-bond donors (Lipinski definition) is 0. The molecular formula is C13H15BrClNO2S. The van der Waals surface area contributed by atoms with E-state index in [0.717, 1.165) is 17.3 Å². The lowest BCUT2D eigenvalue weighted by molar-refractivity contribution is 0.445. The Hall–Kier alpha value is -0.100. The van der Waals surface area contributed by atoms with Gasteiger partial charge in [0.2, 0.25) is 10.0 Å². The summed E-state index contributed by atoms with van der Waals surface area (Å²) in [4.78, 5) is 0.220. The highest BCUT2D eigenvalue weighted by molar-refractivity contribution is 9.10. The standard InChI is InChI=1S/C13H15BrClNO2S/c14-11-4-5-13(12(15)6-11)19(17,18)16-7-9-2-1-3-10(9)8-16/h4-6,9-10H,1-3,7-8H2. The van der Waals surface area contributed by atoms with Gasteiger partial charge in [-0.2, -0.15) is 4.31 Å². The fraction of sp³-hybridized carbons (Fsp3) is 0.538. The normalized spacial score (nSPS) is 27.7. The molecule has 1 heterocycles. The fourth-order valence-corrected chi connectivity index (χ4v) is 5.78. The van der Waals surface area contributed by atoms with Gasteiger partial charge in [-0.05, 0) is 42.9 Å². The minimum Gasteiger partial charge on any atom is -0.207 e. The molecule has 2 aliphatic rings. The number of halogens is 2. The highest BCUT2D eigenvalue weighted by atomic mass is 79.9. The maximum absolute atomic E-state index is 12.6. The summed E-state index contributed by atoms with van der Waals surface area (Å²) < 4.78 is 27.6. The first kappa shape index (κ1) is 13.9. The Labute approximate surface area is 127 Å².